The lowest BCUT2D eigenvalue weighted by Gasteiger charge is -2.21. The molecule has 2 aromatic rings. The van der Waals surface area contributed by atoms with Crippen molar-refractivity contribution in [1.29, 1.82) is 0 Å². The first kappa shape index (κ1) is 17.5. The molecule has 142 valence electrons. The number of aromatic nitrogens is 2. The van der Waals surface area contributed by atoms with Crippen LogP contribution in [0.4, 0.5) is 29.3 Å². The van der Waals surface area contributed by atoms with E-state index in [1.54, 1.807) is 6.20 Å². The van der Waals surface area contributed by atoms with E-state index in [1.807, 2.05) is 11.4 Å². The molecule has 3 N–H and O–H groups in total. The number of anilines is 1. The third-order valence-electron chi connectivity index (χ3n) is 5.27. The Bertz CT molecular complexity index is 927. The van der Waals surface area contributed by atoms with E-state index < -0.39 is 18.8 Å². The molecule has 4 rings (SSSR count). The molecule has 1 aliphatic carbocycles. The molecule has 1 saturated heterocycles. The number of rotatable bonds is 3. The molecule has 2 amide bonds. The Hall–Kier alpha value is -2.96. The van der Waals surface area contributed by atoms with Gasteiger partial charge in [-0.1, -0.05) is 0 Å². The minimum absolute atomic E-state index is 0.130. The van der Waals surface area contributed by atoms with Crippen LogP contribution in [-0.2, 0) is 0 Å². The van der Waals surface area contributed by atoms with E-state index in [1.165, 1.54) is 11.1 Å². The number of H-pyrrole nitrogens is 1. The molecule has 7 nitrogen and oxygen atoms in total. The summed E-state index contributed by atoms with van der Waals surface area (Å²) in [4.78, 5) is 24.3. The number of likely N-dealkylation sites (tertiary alicyclic amines) is 1. The highest BCUT2D eigenvalue weighted by Gasteiger charge is 2.56. The van der Waals surface area contributed by atoms with Gasteiger partial charge in [0, 0.05) is 42.3 Å². The first-order valence-electron chi connectivity index (χ1n) is 8.51. The van der Waals surface area contributed by atoms with Crippen LogP contribution < -0.4 is 10.6 Å². The molecule has 27 heavy (non-hydrogen) atoms. The molecule has 10 heteroatoms. The fourth-order valence-electron chi connectivity index (χ4n) is 3.69. The highest BCUT2D eigenvalue weighted by atomic mass is 19.4. The van der Waals surface area contributed by atoms with Gasteiger partial charge in [-0.25, -0.2) is 9.64 Å². The normalized spacial score (nSPS) is 20.7. The second-order valence-electron chi connectivity index (χ2n) is 7.08. The lowest BCUT2D eigenvalue weighted by atomic mass is 10.0. The first-order chi connectivity index (χ1) is 12.8. The highest BCUT2D eigenvalue weighted by molar-refractivity contribution is 5.96. The van der Waals surface area contributed by atoms with Crippen molar-refractivity contribution >= 4 is 28.4 Å². The van der Waals surface area contributed by atoms with Crippen molar-refractivity contribution in [2.45, 2.75) is 25.1 Å². The van der Waals surface area contributed by atoms with E-state index in [-0.39, 0.29) is 18.0 Å². The summed E-state index contributed by atoms with van der Waals surface area (Å²) >= 11 is 0. The first-order valence-corrected chi connectivity index (χ1v) is 8.51. The van der Waals surface area contributed by atoms with Gasteiger partial charge in [0.1, 0.15) is 12.2 Å². The molecule has 0 radical (unpaired) electrons. The van der Waals surface area contributed by atoms with Crippen LogP contribution in [0.5, 0.6) is 0 Å². The van der Waals surface area contributed by atoms with Gasteiger partial charge in [-0.15, -0.1) is 0 Å². The minimum Gasteiger partial charge on any atom is -0.388 e. The van der Waals surface area contributed by atoms with Gasteiger partial charge in [-0.2, -0.15) is 13.2 Å². The smallest absolute Gasteiger partial charge is 0.388 e. The summed E-state index contributed by atoms with van der Waals surface area (Å²) in [6, 6.07) is 0.978. The number of urea groups is 1. The molecule has 1 saturated carbocycles. The fraction of sp³-hybridized carbons (Fsp3) is 0.471. The molecule has 0 bridgehead atoms. The molecule has 2 aromatic heterocycles. The van der Waals surface area contributed by atoms with Crippen LogP contribution in [0.3, 0.4) is 0 Å². The number of halogens is 3. The van der Waals surface area contributed by atoms with E-state index in [0.29, 0.717) is 23.6 Å². The van der Waals surface area contributed by atoms with Gasteiger partial charge in [0.15, 0.2) is 0 Å². The van der Waals surface area contributed by atoms with Crippen molar-refractivity contribution in [3.8, 4) is 0 Å². The third-order valence-corrected chi connectivity index (χ3v) is 5.27. The van der Waals surface area contributed by atoms with Crippen molar-refractivity contribution in [2.24, 2.45) is 5.41 Å². The predicted molar refractivity (Wildman–Crippen MR) is 92.5 cm³/mol. The minimum atomic E-state index is -4.44. The highest BCUT2D eigenvalue weighted by Crippen LogP contribution is 2.54. The second-order valence-corrected chi connectivity index (χ2v) is 7.08. The summed E-state index contributed by atoms with van der Waals surface area (Å²) in [5.74, 6) is 0. The zero-order valence-corrected chi connectivity index (χ0v) is 14.2. The van der Waals surface area contributed by atoms with Crippen molar-refractivity contribution in [3.05, 3.63) is 29.9 Å². The van der Waals surface area contributed by atoms with Gasteiger partial charge in [-0.05, 0) is 18.9 Å². The number of carbonyl (C=O) groups is 1. The lowest BCUT2D eigenvalue weighted by molar-refractivity contribution is -0.123. The summed E-state index contributed by atoms with van der Waals surface area (Å²) in [6.07, 6.45) is 0.558. The van der Waals surface area contributed by atoms with E-state index in [2.05, 4.69) is 20.1 Å². The average molecular weight is 378 g/mol. The fourth-order valence-corrected chi connectivity index (χ4v) is 3.69. The molecule has 0 aromatic carbocycles. The van der Waals surface area contributed by atoms with Crippen LogP contribution in [0, 0.1) is 12.0 Å². The van der Waals surface area contributed by atoms with Gasteiger partial charge in [0.05, 0.1) is 12.3 Å². The number of pyridine rings is 1. The van der Waals surface area contributed by atoms with Gasteiger partial charge in [-0.3, -0.25) is 4.98 Å². The number of fused-ring (bicyclic) bond motifs is 1. The van der Waals surface area contributed by atoms with Crippen LogP contribution in [0.1, 0.15) is 12.8 Å². The van der Waals surface area contributed by atoms with E-state index in [4.69, 9.17) is 6.57 Å². The predicted octanol–water partition coefficient (Wildman–Crippen LogP) is 3.26. The Labute approximate surface area is 152 Å². The van der Waals surface area contributed by atoms with Crippen molar-refractivity contribution in [3.63, 3.8) is 0 Å². The molecular formula is C17H17F3N6O. The van der Waals surface area contributed by atoms with Crippen LogP contribution in [0.15, 0.2) is 18.5 Å². The summed E-state index contributed by atoms with van der Waals surface area (Å²) in [6.45, 7) is 6.73. The zero-order chi connectivity index (χ0) is 19.2. The third kappa shape index (κ3) is 3.25. The van der Waals surface area contributed by atoms with Gasteiger partial charge in [0.25, 0.3) is 0 Å². The van der Waals surface area contributed by atoms with Gasteiger partial charge >= 0.3 is 12.2 Å². The lowest BCUT2D eigenvalue weighted by Crippen LogP contribution is -2.43. The second kappa shape index (κ2) is 6.04. The summed E-state index contributed by atoms with van der Waals surface area (Å²) in [7, 11) is 0. The quantitative estimate of drug-likeness (QED) is 0.718. The van der Waals surface area contributed by atoms with Crippen LogP contribution >= 0.6 is 0 Å². The molecule has 1 atom stereocenters. The number of carbonyl (C=O) groups excluding carboxylic acids is 1. The maximum Gasteiger partial charge on any atom is 0.405 e. The SMILES string of the molecule is [C-]#[N+]c1cnc2[nH]ccc2c1N[C@H]1CN(C(=O)NCC(F)(F)F)CC12CC2. The average Bonchev–Trinajstić information content (AvgIpc) is 3.08. The van der Waals surface area contributed by atoms with Crippen molar-refractivity contribution in [1.82, 2.24) is 20.2 Å². The maximum absolute atomic E-state index is 12.4. The van der Waals surface area contributed by atoms with Crippen LogP contribution in [0.25, 0.3) is 15.9 Å². The number of nitrogens with zero attached hydrogens (tertiary/aromatic N) is 3. The Balaban J connectivity index is 1.53. The Morgan fingerprint density at radius 2 is 2.26 bits per heavy atom. The van der Waals surface area contributed by atoms with Crippen molar-refractivity contribution < 1.29 is 18.0 Å². The largest absolute Gasteiger partial charge is 0.405 e. The standard InChI is InChI=1S/C17H17F3N6O/c1-21-11-6-23-14-10(2-5-22-14)13(11)25-12-7-26(9-16(12)3-4-16)15(27)24-8-17(18,19)20/h2,5-6,12H,3-4,7-9H2,(H,24,27)(H2,22,23,25)/t12-/m0/s1. The Morgan fingerprint density at radius 1 is 1.48 bits per heavy atom. The van der Waals surface area contributed by atoms with E-state index >= 15 is 0 Å². The number of hydrogen-bond donors (Lipinski definition) is 3. The molecule has 0 unspecified atom stereocenters. The van der Waals surface area contributed by atoms with E-state index in [0.717, 1.165) is 18.2 Å². The Morgan fingerprint density at radius 3 is 2.93 bits per heavy atom. The number of alkyl halides is 3. The zero-order valence-electron chi connectivity index (χ0n) is 14.2. The topological polar surface area (TPSA) is 77.4 Å². The Kier molecular flexibility index (Phi) is 3.91. The number of amides is 2. The summed E-state index contributed by atoms with van der Waals surface area (Å²) < 4.78 is 37.1. The molecule has 2 fully saturated rings. The molecule has 2 aliphatic rings. The van der Waals surface area contributed by atoms with Crippen molar-refractivity contribution in [2.75, 3.05) is 25.0 Å². The van der Waals surface area contributed by atoms with E-state index in [9.17, 15) is 18.0 Å². The van der Waals surface area contributed by atoms with Crippen LogP contribution in [-0.4, -0.2) is 52.8 Å². The maximum atomic E-state index is 12.4. The monoisotopic (exact) mass is 378 g/mol. The molecular weight excluding hydrogens is 361 g/mol. The summed E-state index contributed by atoms with van der Waals surface area (Å²) in [5.41, 5.74) is 1.51. The summed E-state index contributed by atoms with van der Waals surface area (Å²) in [5, 5.41) is 6.09. The molecule has 1 aliphatic heterocycles. The number of nitrogens with one attached hydrogen (secondary N) is 3. The number of aromatic amines is 1. The molecule has 3 heterocycles. The van der Waals surface area contributed by atoms with Gasteiger partial charge < -0.3 is 20.5 Å². The van der Waals surface area contributed by atoms with Crippen LogP contribution in [0.2, 0.25) is 0 Å². The number of hydrogen-bond acceptors (Lipinski definition) is 3. The van der Waals surface area contributed by atoms with Gasteiger partial charge in [0.2, 0.25) is 5.69 Å². The molecule has 1 spiro atoms.